The maximum absolute atomic E-state index is 11.3. The van der Waals surface area contributed by atoms with Crippen molar-refractivity contribution < 1.29 is 18.3 Å². The molecule has 0 bridgehead atoms. The number of methoxy groups -OCH3 is 1. The summed E-state index contributed by atoms with van der Waals surface area (Å²) in [5.74, 6) is -0.595. The van der Waals surface area contributed by atoms with Gasteiger partial charge in [0.2, 0.25) is 0 Å². The van der Waals surface area contributed by atoms with Crippen molar-refractivity contribution in [3.8, 4) is 0 Å². The molecule has 0 amide bonds. The van der Waals surface area contributed by atoms with Crippen molar-refractivity contribution in [2.75, 3.05) is 7.11 Å². The first-order valence-corrected chi connectivity index (χ1v) is 5.53. The first-order valence-electron chi connectivity index (χ1n) is 4.42. The van der Waals surface area contributed by atoms with Crippen LogP contribution in [0.3, 0.4) is 0 Å². The summed E-state index contributed by atoms with van der Waals surface area (Å²) < 4.78 is 24.8. The fourth-order valence-corrected chi connectivity index (χ4v) is 2.12. The van der Waals surface area contributed by atoms with Crippen LogP contribution >= 0.6 is 0 Å². The molecule has 0 aliphatic rings. The topological polar surface area (TPSA) is 63.6 Å². The molecule has 5 heteroatoms. The van der Waals surface area contributed by atoms with Crippen molar-refractivity contribution in [1.29, 1.82) is 0 Å². The summed E-state index contributed by atoms with van der Waals surface area (Å²) in [6, 6.07) is 4.87. The number of hydrogen-bond acceptors (Lipinski definition) is 3. The number of aryl methyl sites for hydroxylation is 1. The fraction of sp³-hybridized carbons (Fsp3) is 0.300. The van der Waals surface area contributed by atoms with Gasteiger partial charge in [0, 0.05) is 0 Å². The number of hydrogen-bond donors (Lipinski definition) is 1. The molecule has 0 fully saturated rings. The number of esters is 1. The molecule has 0 saturated carbocycles. The van der Waals surface area contributed by atoms with E-state index in [2.05, 4.69) is 4.74 Å². The van der Waals surface area contributed by atoms with Crippen LogP contribution in [0.4, 0.5) is 0 Å². The highest BCUT2D eigenvalue weighted by Crippen LogP contribution is 2.19. The van der Waals surface area contributed by atoms with Crippen LogP contribution in [-0.2, 0) is 22.2 Å². The minimum Gasteiger partial charge on any atom is -0.465 e. The molecule has 0 aliphatic heterocycles. The molecule has 0 heterocycles. The summed E-state index contributed by atoms with van der Waals surface area (Å²) in [4.78, 5) is 11.5. The standard InChI is InChI=1S/C10H12O4S/c1-3-7-5-4-6-8(10(11)14-2)9(7)15(12)13/h4-6H,3H2,1-2H3,(H,12,13). The second-order valence-electron chi connectivity index (χ2n) is 2.89. The lowest BCUT2D eigenvalue weighted by Crippen LogP contribution is -2.09. The van der Waals surface area contributed by atoms with Crippen molar-refractivity contribution in [3.63, 3.8) is 0 Å². The lowest BCUT2D eigenvalue weighted by Gasteiger charge is -2.08. The Morgan fingerprint density at radius 3 is 2.67 bits per heavy atom. The van der Waals surface area contributed by atoms with Crippen LogP contribution in [0.5, 0.6) is 0 Å². The van der Waals surface area contributed by atoms with Crippen LogP contribution in [0, 0.1) is 0 Å². The van der Waals surface area contributed by atoms with Crippen LogP contribution in [0.15, 0.2) is 23.1 Å². The third-order valence-corrected chi connectivity index (χ3v) is 2.89. The molecule has 1 unspecified atom stereocenters. The molecule has 1 aromatic carbocycles. The van der Waals surface area contributed by atoms with E-state index in [1.54, 1.807) is 12.1 Å². The zero-order chi connectivity index (χ0) is 11.4. The van der Waals surface area contributed by atoms with Crippen LogP contribution in [0.1, 0.15) is 22.8 Å². The molecule has 1 aromatic rings. The maximum atomic E-state index is 11.3. The lowest BCUT2D eigenvalue weighted by molar-refractivity contribution is 0.0596. The summed E-state index contributed by atoms with van der Waals surface area (Å²) in [7, 11) is 1.24. The van der Waals surface area contributed by atoms with Crippen LogP contribution in [-0.4, -0.2) is 21.8 Å². The monoisotopic (exact) mass is 228 g/mol. The van der Waals surface area contributed by atoms with Gasteiger partial charge in [-0.15, -0.1) is 0 Å². The molecule has 15 heavy (non-hydrogen) atoms. The van der Waals surface area contributed by atoms with E-state index in [0.29, 0.717) is 12.0 Å². The van der Waals surface area contributed by atoms with Gasteiger partial charge in [0.15, 0.2) is 11.1 Å². The van der Waals surface area contributed by atoms with Crippen molar-refractivity contribution in [2.24, 2.45) is 0 Å². The Morgan fingerprint density at radius 1 is 1.53 bits per heavy atom. The van der Waals surface area contributed by atoms with Crippen molar-refractivity contribution in [3.05, 3.63) is 29.3 Å². The van der Waals surface area contributed by atoms with Gasteiger partial charge >= 0.3 is 5.97 Å². The Kier molecular flexibility index (Phi) is 3.99. The number of ether oxygens (including phenoxy) is 1. The van der Waals surface area contributed by atoms with Gasteiger partial charge in [-0.1, -0.05) is 19.1 Å². The SMILES string of the molecule is CCc1cccc(C(=O)OC)c1S(=O)O. The van der Waals surface area contributed by atoms with Crippen molar-refractivity contribution >= 4 is 17.0 Å². The summed E-state index contributed by atoms with van der Waals surface area (Å²) in [5.41, 5.74) is 0.830. The molecule has 0 saturated heterocycles. The first kappa shape index (κ1) is 11.9. The molecule has 1 atom stereocenters. The smallest absolute Gasteiger partial charge is 0.339 e. The zero-order valence-corrected chi connectivity index (χ0v) is 9.34. The van der Waals surface area contributed by atoms with Gasteiger partial charge in [-0.05, 0) is 18.1 Å². The van der Waals surface area contributed by atoms with Gasteiger partial charge in [-0.2, -0.15) is 0 Å². The predicted molar refractivity (Wildman–Crippen MR) is 56.2 cm³/mol. The van der Waals surface area contributed by atoms with E-state index in [0.717, 1.165) is 0 Å². The highest BCUT2D eigenvalue weighted by molar-refractivity contribution is 7.79. The van der Waals surface area contributed by atoms with Crippen molar-refractivity contribution in [2.45, 2.75) is 18.2 Å². The van der Waals surface area contributed by atoms with E-state index in [9.17, 15) is 9.00 Å². The Balaban J connectivity index is 3.38. The minimum absolute atomic E-state index is 0.145. The van der Waals surface area contributed by atoms with Gasteiger partial charge in [0.25, 0.3) is 0 Å². The third-order valence-electron chi connectivity index (χ3n) is 2.06. The average molecular weight is 228 g/mol. The average Bonchev–Trinajstić information content (AvgIpc) is 2.26. The third kappa shape index (κ3) is 2.43. The maximum Gasteiger partial charge on any atom is 0.339 e. The van der Waals surface area contributed by atoms with E-state index in [1.807, 2.05) is 6.92 Å². The Hall–Kier alpha value is -1.20. The molecule has 0 radical (unpaired) electrons. The molecular weight excluding hydrogens is 216 g/mol. The summed E-state index contributed by atoms with van der Waals surface area (Å²) in [5, 5.41) is 0. The van der Waals surface area contributed by atoms with Gasteiger partial charge < -0.3 is 9.29 Å². The lowest BCUT2D eigenvalue weighted by atomic mass is 10.1. The highest BCUT2D eigenvalue weighted by Gasteiger charge is 2.18. The molecule has 82 valence electrons. The molecule has 0 aromatic heterocycles. The normalized spacial score (nSPS) is 12.2. The Bertz CT molecular complexity index is 400. The summed E-state index contributed by atoms with van der Waals surface area (Å²) in [6.07, 6.45) is 0.590. The van der Waals surface area contributed by atoms with Gasteiger partial charge in [0.1, 0.15) is 0 Å². The first-order chi connectivity index (χ1) is 7.11. The molecule has 4 nitrogen and oxygen atoms in total. The number of carbonyl (C=O) groups is 1. The van der Waals surface area contributed by atoms with Crippen LogP contribution in [0.2, 0.25) is 0 Å². The highest BCUT2D eigenvalue weighted by atomic mass is 32.2. The van der Waals surface area contributed by atoms with Gasteiger partial charge in [0.05, 0.1) is 17.6 Å². The van der Waals surface area contributed by atoms with E-state index in [4.69, 9.17) is 4.55 Å². The Labute approximate surface area is 90.5 Å². The molecule has 1 rings (SSSR count). The molecule has 0 spiro atoms. The minimum atomic E-state index is -2.17. The van der Waals surface area contributed by atoms with Crippen LogP contribution < -0.4 is 0 Å². The molecule has 0 aliphatic carbocycles. The zero-order valence-electron chi connectivity index (χ0n) is 8.52. The van der Waals surface area contributed by atoms with Gasteiger partial charge in [-0.3, -0.25) is 0 Å². The van der Waals surface area contributed by atoms with E-state index in [-0.39, 0.29) is 10.5 Å². The number of carbonyl (C=O) groups excluding carboxylic acids is 1. The van der Waals surface area contributed by atoms with E-state index < -0.39 is 17.0 Å². The van der Waals surface area contributed by atoms with Crippen LogP contribution in [0.25, 0.3) is 0 Å². The summed E-state index contributed by atoms with van der Waals surface area (Å²) >= 11 is -2.17. The van der Waals surface area contributed by atoms with Crippen molar-refractivity contribution in [1.82, 2.24) is 0 Å². The number of benzene rings is 1. The van der Waals surface area contributed by atoms with E-state index >= 15 is 0 Å². The van der Waals surface area contributed by atoms with Gasteiger partial charge in [-0.25, -0.2) is 9.00 Å². The fourth-order valence-electron chi connectivity index (χ4n) is 1.34. The number of rotatable bonds is 3. The second-order valence-corrected chi connectivity index (χ2v) is 3.79. The quantitative estimate of drug-likeness (QED) is 0.630. The molecule has 1 N–H and O–H groups in total. The Morgan fingerprint density at radius 2 is 2.20 bits per heavy atom. The molecular formula is C10H12O4S. The van der Waals surface area contributed by atoms with E-state index in [1.165, 1.54) is 13.2 Å². The second kappa shape index (κ2) is 5.04. The predicted octanol–water partition coefficient (Wildman–Crippen LogP) is 1.62. The summed E-state index contributed by atoms with van der Waals surface area (Å²) in [6.45, 7) is 1.85. The largest absolute Gasteiger partial charge is 0.465 e.